The number of nitro groups is 1. The lowest BCUT2D eigenvalue weighted by Gasteiger charge is -2.16. The van der Waals surface area contributed by atoms with Crippen LogP contribution in [0.15, 0.2) is 48.5 Å². The number of nitrogens with zero attached hydrogens (tertiary/aromatic N) is 6. The summed E-state index contributed by atoms with van der Waals surface area (Å²) in [6, 6.07) is 13.9. The molecule has 0 spiro atoms. The fourth-order valence-corrected chi connectivity index (χ4v) is 2.96. The van der Waals surface area contributed by atoms with E-state index in [2.05, 4.69) is 15.4 Å². The van der Waals surface area contributed by atoms with Crippen molar-refractivity contribution in [3.8, 4) is 11.4 Å². The van der Waals surface area contributed by atoms with Gasteiger partial charge in [0.05, 0.1) is 10.6 Å². The summed E-state index contributed by atoms with van der Waals surface area (Å²) in [7, 11) is 0. The van der Waals surface area contributed by atoms with E-state index < -0.39 is 4.92 Å². The number of hydrogen-bond acceptors (Lipinski definition) is 6. The zero-order chi connectivity index (χ0) is 18.1. The SMILES string of the molecule is O=C(Cn1nnc(-c2ccccc2)n1)N1CCc2ccc([N+](=O)[O-])cc21. The monoisotopic (exact) mass is 350 g/mol. The van der Waals surface area contributed by atoms with Crippen LogP contribution in [0.5, 0.6) is 0 Å². The topological polar surface area (TPSA) is 107 Å². The maximum absolute atomic E-state index is 12.6. The summed E-state index contributed by atoms with van der Waals surface area (Å²) in [5.41, 5.74) is 2.27. The average Bonchev–Trinajstić information content (AvgIpc) is 3.28. The molecule has 0 aliphatic carbocycles. The molecular weight excluding hydrogens is 336 g/mol. The Kier molecular flexibility index (Phi) is 3.88. The van der Waals surface area contributed by atoms with Crippen LogP contribution in [-0.4, -0.2) is 37.6 Å². The van der Waals surface area contributed by atoms with Crippen LogP contribution in [0.1, 0.15) is 5.56 Å². The normalized spacial score (nSPS) is 12.8. The number of rotatable bonds is 4. The molecule has 2 heterocycles. The molecule has 0 saturated carbocycles. The van der Waals surface area contributed by atoms with Gasteiger partial charge in [0.25, 0.3) is 11.6 Å². The van der Waals surface area contributed by atoms with E-state index in [1.54, 1.807) is 6.07 Å². The van der Waals surface area contributed by atoms with Crippen molar-refractivity contribution in [3.63, 3.8) is 0 Å². The van der Waals surface area contributed by atoms with Gasteiger partial charge in [-0.15, -0.1) is 10.2 Å². The first-order valence-electron chi connectivity index (χ1n) is 8.03. The van der Waals surface area contributed by atoms with Crippen molar-refractivity contribution in [2.24, 2.45) is 0 Å². The summed E-state index contributed by atoms with van der Waals surface area (Å²) in [6.45, 7) is 0.400. The molecule has 0 atom stereocenters. The Bertz CT molecular complexity index is 985. The molecule has 2 aromatic carbocycles. The predicted molar refractivity (Wildman–Crippen MR) is 92.4 cm³/mol. The van der Waals surface area contributed by atoms with Crippen LogP contribution in [-0.2, 0) is 17.8 Å². The maximum atomic E-state index is 12.6. The largest absolute Gasteiger partial charge is 0.310 e. The fourth-order valence-electron chi connectivity index (χ4n) is 2.96. The molecule has 130 valence electrons. The maximum Gasteiger partial charge on any atom is 0.271 e. The summed E-state index contributed by atoms with van der Waals surface area (Å²) in [5.74, 6) is 0.206. The van der Waals surface area contributed by atoms with Gasteiger partial charge in [0, 0.05) is 24.2 Å². The summed E-state index contributed by atoms with van der Waals surface area (Å²) < 4.78 is 0. The van der Waals surface area contributed by atoms with E-state index in [0.29, 0.717) is 24.5 Å². The summed E-state index contributed by atoms with van der Waals surface area (Å²) in [4.78, 5) is 25.9. The fraction of sp³-hybridized carbons (Fsp3) is 0.176. The van der Waals surface area contributed by atoms with Crippen LogP contribution in [0.2, 0.25) is 0 Å². The van der Waals surface area contributed by atoms with E-state index in [9.17, 15) is 14.9 Å². The lowest BCUT2D eigenvalue weighted by molar-refractivity contribution is -0.384. The molecule has 0 unspecified atom stereocenters. The molecule has 0 saturated heterocycles. The molecule has 4 rings (SSSR count). The summed E-state index contributed by atoms with van der Waals surface area (Å²) in [5, 5.41) is 23.1. The molecule has 0 N–H and O–H groups in total. The number of anilines is 1. The van der Waals surface area contributed by atoms with Gasteiger partial charge in [-0.1, -0.05) is 36.4 Å². The second kappa shape index (κ2) is 6.36. The van der Waals surface area contributed by atoms with Gasteiger partial charge in [-0.3, -0.25) is 14.9 Å². The lowest BCUT2D eigenvalue weighted by atomic mass is 10.1. The van der Waals surface area contributed by atoms with Gasteiger partial charge >= 0.3 is 0 Å². The van der Waals surface area contributed by atoms with Gasteiger partial charge in [0.15, 0.2) is 0 Å². The molecule has 1 aromatic heterocycles. The van der Waals surface area contributed by atoms with Crippen molar-refractivity contribution in [3.05, 3.63) is 64.2 Å². The first-order chi connectivity index (χ1) is 12.6. The number of non-ortho nitro benzene ring substituents is 1. The minimum atomic E-state index is -0.466. The Labute approximate surface area is 148 Å². The number of tetrazole rings is 1. The Morgan fingerprint density at radius 3 is 2.77 bits per heavy atom. The second-order valence-corrected chi connectivity index (χ2v) is 5.87. The van der Waals surface area contributed by atoms with Gasteiger partial charge in [-0.2, -0.15) is 4.80 Å². The number of carbonyl (C=O) groups is 1. The van der Waals surface area contributed by atoms with Crippen molar-refractivity contribution in [2.45, 2.75) is 13.0 Å². The molecule has 0 radical (unpaired) electrons. The predicted octanol–water partition coefficient (Wildman–Crippen LogP) is 1.84. The van der Waals surface area contributed by atoms with E-state index >= 15 is 0 Å². The van der Waals surface area contributed by atoms with Crippen molar-refractivity contribution in [2.75, 3.05) is 11.4 Å². The number of aromatic nitrogens is 4. The zero-order valence-electron chi connectivity index (χ0n) is 13.6. The molecular formula is C17H14N6O3. The number of fused-ring (bicyclic) bond motifs is 1. The van der Waals surface area contributed by atoms with Gasteiger partial charge in [-0.05, 0) is 17.2 Å². The third-order valence-corrected chi connectivity index (χ3v) is 4.24. The second-order valence-electron chi connectivity index (χ2n) is 5.87. The summed E-state index contributed by atoms with van der Waals surface area (Å²) >= 11 is 0. The summed E-state index contributed by atoms with van der Waals surface area (Å²) in [6.07, 6.45) is 0.666. The molecule has 9 nitrogen and oxygen atoms in total. The minimum Gasteiger partial charge on any atom is -0.310 e. The van der Waals surface area contributed by atoms with Crippen LogP contribution in [0.4, 0.5) is 11.4 Å². The highest BCUT2D eigenvalue weighted by Crippen LogP contribution is 2.31. The number of carbonyl (C=O) groups excluding carboxylic acids is 1. The third-order valence-electron chi connectivity index (χ3n) is 4.24. The minimum absolute atomic E-state index is 0.0336. The first kappa shape index (κ1) is 15.9. The smallest absolute Gasteiger partial charge is 0.271 e. The third kappa shape index (κ3) is 2.90. The van der Waals surface area contributed by atoms with E-state index in [4.69, 9.17) is 0 Å². The molecule has 3 aromatic rings. The van der Waals surface area contributed by atoms with Crippen LogP contribution >= 0.6 is 0 Å². The van der Waals surface area contributed by atoms with Gasteiger partial charge in [-0.25, -0.2) is 0 Å². The zero-order valence-corrected chi connectivity index (χ0v) is 13.6. The van der Waals surface area contributed by atoms with E-state index in [-0.39, 0.29) is 18.1 Å². The Hall–Kier alpha value is -3.62. The first-order valence-corrected chi connectivity index (χ1v) is 8.03. The molecule has 1 aliphatic heterocycles. The van der Waals surface area contributed by atoms with E-state index in [0.717, 1.165) is 11.1 Å². The van der Waals surface area contributed by atoms with Gasteiger partial charge in [0.1, 0.15) is 6.54 Å². The van der Waals surface area contributed by atoms with Crippen molar-refractivity contribution in [1.82, 2.24) is 20.2 Å². The molecule has 26 heavy (non-hydrogen) atoms. The molecule has 9 heteroatoms. The van der Waals surface area contributed by atoms with Crippen LogP contribution in [0.25, 0.3) is 11.4 Å². The quantitative estimate of drug-likeness (QED) is 0.525. The van der Waals surface area contributed by atoms with Crippen molar-refractivity contribution in [1.29, 1.82) is 0 Å². The average molecular weight is 350 g/mol. The van der Waals surface area contributed by atoms with Crippen LogP contribution < -0.4 is 4.90 Å². The standard InChI is InChI=1S/C17H14N6O3/c24-16(11-22-19-17(18-20-22)13-4-2-1-3-5-13)21-9-8-12-6-7-14(23(25)26)10-15(12)21/h1-7,10H,8-9,11H2. The van der Waals surface area contributed by atoms with Crippen LogP contribution in [0.3, 0.4) is 0 Å². The molecule has 1 aliphatic rings. The highest BCUT2D eigenvalue weighted by Gasteiger charge is 2.27. The van der Waals surface area contributed by atoms with Gasteiger partial charge in [0.2, 0.25) is 5.82 Å². The highest BCUT2D eigenvalue weighted by molar-refractivity contribution is 5.95. The van der Waals surface area contributed by atoms with Gasteiger partial charge < -0.3 is 4.90 Å². The van der Waals surface area contributed by atoms with Crippen molar-refractivity contribution >= 4 is 17.3 Å². The number of amides is 1. The van der Waals surface area contributed by atoms with Crippen LogP contribution in [0, 0.1) is 10.1 Å². The molecule has 0 bridgehead atoms. The molecule has 1 amide bonds. The molecule has 0 fully saturated rings. The Morgan fingerprint density at radius 2 is 2.00 bits per heavy atom. The lowest BCUT2D eigenvalue weighted by Crippen LogP contribution is -2.33. The Morgan fingerprint density at radius 1 is 1.19 bits per heavy atom. The highest BCUT2D eigenvalue weighted by atomic mass is 16.6. The van der Waals surface area contributed by atoms with E-state index in [1.165, 1.54) is 21.8 Å². The van der Waals surface area contributed by atoms with Crippen molar-refractivity contribution < 1.29 is 9.72 Å². The number of nitro benzene ring substituents is 1. The van der Waals surface area contributed by atoms with E-state index in [1.807, 2.05) is 30.3 Å². The Balaban J connectivity index is 1.53. The number of hydrogen-bond donors (Lipinski definition) is 0. The number of benzene rings is 2.